The standard InChI is InChI=1S/C22H27ClN2O5S/c1-15(9-11-17-6-5-13-30-17)24-22(26)16-10-12-18(23)21(14-16)31(27,28)25-19-7-3-4-8-20(19)29-2/h3-4,7-8,10,12,14-15,17,25H,5-6,9,11,13H2,1-2H3,(H,24,26). The fourth-order valence-corrected chi connectivity index (χ4v) is 5.06. The van der Waals surface area contributed by atoms with Crippen LogP contribution in [0.4, 0.5) is 5.69 Å². The quantitative estimate of drug-likeness (QED) is 0.576. The second-order valence-electron chi connectivity index (χ2n) is 7.54. The van der Waals surface area contributed by atoms with Gasteiger partial charge in [0.2, 0.25) is 0 Å². The molecule has 2 N–H and O–H groups in total. The third-order valence-corrected chi connectivity index (χ3v) is 7.00. The molecule has 9 heteroatoms. The number of hydrogen-bond donors (Lipinski definition) is 2. The van der Waals surface area contributed by atoms with E-state index >= 15 is 0 Å². The lowest BCUT2D eigenvalue weighted by Crippen LogP contribution is -2.33. The minimum absolute atomic E-state index is 0.0189. The predicted octanol–water partition coefficient (Wildman–Crippen LogP) is 4.23. The lowest BCUT2D eigenvalue weighted by Gasteiger charge is -2.17. The normalized spacial score (nSPS) is 17.2. The Hall–Kier alpha value is -2.29. The summed E-state index contributed by atoms with van der Waals surface area (Å²) in [5.41, 5.74) is 0.493. The van der Waals surface area contributed by atoms with Gasteiger partial charge in [0.25, 0.3) is 15.9 Å². The number of hydrogen-bond acceptors (Lipinski definition) is 5. The first kappa shape index (κ1) is 23.4. The van der Waals surface area contributed by atoms with E-state index in [1.807, 2.05) is 6.92 Å². The molecule has 1 amide bonds. The van der Waals surface area contributed by atoms with Crippen LogP contribution in [0.3, 0.4) is 0 Å². The largest absolute Gasteiger partial charge is 0.495 e. The Morgan fingerprint density at radius 3 is 2.77 bits per heavy atom. The molecule has 168 valence electrons. The molecule has 0 aromatic heterocycles. The molecular formula is C22H27ClN2O5S. The highest BCUT2D eigenvalue weighted by atomic mass is 35.5. The molecule has 0 aliphatic carbocycles. The molecule has 2 atom stereocenters. The molecule has 7 nitrogen and oxygen atoms in total. The van der Waals surface area contributed by atoms with Crippen LogP contribution in [0, 0.1) is 0 Å². The van der Waals surface area contributed by atoms with Gasteiger partial charge in [-0.2, -0.15) is 0 Å². The second-order valence-corrected chi connectivity index (χ2v) is 9.60. The Balaban J connectivity index is 1.71. The van der Waals surface area contributed by atoms with Gasteiger partial charge in [-0.3, -0.25) is 9.52 Å². The molecule has 0 spiro atoms. The zero-order valence-electron chi connectivity index (χ0n) is 17.6. The van der Waals surface area contributed by atoms with Crippen LogP contribution in [0.1, 0.15) is 43.0 Å². The number of anilines is 1. The number of carbonyl (C=O) groups is 1. The minimum Gasteiger partial charge on any atom is -0.495 e. The maximum Gasteiger partial charge on any atom is 0.263 e. The molecule has 2 unspecified atom stereocenters. The maximum atomic E-state index is 12.9. The Labute approximate surface area is 188 Å². The van der Waals surface area contributed by atoms with E-state index in [9.17, 15) is 13.2 Å². The van der Waals surface area contributed by atoms with Crippen molar-refractivity contribution in [3.63, 3.8) is 0 Å². The summed E-state index contributed by atoms with van der Waals surface area (Å²) < 4.78 is 39.2. The van der Waals surface area contributed by atoms with Crippen LogP contribution in [0.5, 0.6) is 5.75 Å². The van der Waals surface area contributed by atoms with Crippen LogP contribution >= 0.6 is 11.6 Å². The molecule has 1 aliphatic rings. The zero-order valence-corrected chi connectivity index (χ0v) is 19.1. The van der Waals surface area contributed by atoms with Crippen LogP contribution in [0.2, 0.25) is 5.02 Å². The first-order chi connectivity index (χ1) is 14.8. The molecular weight excluding hydrogens is 440 g/mol. The molecule has 1 aliphatic heterocycles. The fourth-order valence-electron chi connectivity index (χ4n) is 3.47. The molecule has 0 radical (unpaired) electrons. The summed E-state index contributed by atoms with van der Waals surface area (Å²) in [7, 11) is -2.59. The minimum atomic E-state index is -4.04. The van der Waals surface area contributed by atoms with E-state index in [2.05, 4.69) is 10.0 Å². The van der Waals surface area contributed by atoms with Crippen molar-refractivity contribution in [1.82, 2.24) is 5.32 Å². The van der Waals surface area contributed by atoms with Gasteiger partial charge < -0.3 is 14.8 Å². The SMILES string of the molecule is COc1ccccc1NS(=O)(=O)c1cc(C(=O)NC(C)CCC2CCCO2)ccc1Cl. The first-order valence-corrected chi connectivity index (χ1v) is 12.0. The number of nitrogens with one attached hydrogen (secondary N) is 2. The summed E-state index contributed by atoms with van der Waals surface area (Å²) in [5.74, 6) is 0.0152. The third kappa shape index (κ3) is 6.12. The monoisotopic (exact) mass is 466 g/mol. The number of carbonyl (C=O) groups excluding carboxylic acids is 1. The molecule has 3 rings (SSSR count). The molecule has 2 aromatic carbocycles. The highest BCUT2D eigenvalue weighted by molar-refractivity contribution is 7.92. The number of ether oxygens (including phenoxy) is 2. The van der Waals surface area contributed by atoms with E-state index in [1.165, 1.54) is 25.3 Å². The Morgan fingerprint density at radius 1 is 1.29 bits per heavy atom. The Morgan fingerprint density at radius 2 is 2.06 bits per heavy atom. The van der Waals surface area contributed by atoms with Crippen molar-refractivity contribution in [3.8, 4) is 5.75 Å². The topological polar surface area (TPSA) is 93.7 Å². The van der Waals surface area contributed by atoms with E-state index in [4.69, 9.17) is 21.1 Å². The van der Waals surface area contributed by atoms with Crippen molar-refractivity contribution in [3.05, 3.63) is 53.1 Å². The second kappa shape index (κ2) is 10.3. The van der Waals surface area contributed by atoms with Gasteiger partial charge in [-0.05, 0) is 62.9 Å². The lowest BCUT2D eigenvalue weighted by atomic mass is 10.1. The van der Waals surface area contributed by atoms with E-state index in [0.717, 1.165) is 32.3 Å². The summed E-state index contributed by atoms with van der Waals surface area (Å²) in [6.45, 7) is 2.72. The molecule has 0 saturated carbocycles. The van der Waals surface area contributed by atoms with Crippen molar-refractivity contribution < 1.29 is 22.7 Å². The number of benzene rings is 2. The van der Waals surface area contributed by atoms with Gasteiger partial charge >= 0.3 is 0 Å². The molecule has 1 fully saturated rings. The smallest absolute Gasteiger partial charge is 0.263 e. The predicted molar refractivity (Wildman–Crippen MR) is 120 cm³/mol. The Kier molecular flexibility index (Phi) is 7.80. The first-order valence-electron chi connectivity index (χ1n) is 10.2. The maximum absolute atomic E-state index is 12.9. The number of amides is 1. The van der Waals surface area contributed by atoms with Gasteiger partial charge in [0, 0.05) is 18.2 Å². The van der Waals surface area contributed by atoms with Crippen molar-refractivity contribution >= 4 is 33.2 Å². The van der Waals surface area contributed by atoms with Crippen LogP contribution in [-0.2, 0) is 14.8 Å². The molecule has 1 heterocycles. The van der Waals surface area contributed by atoms with Crippen molar-refractivity contribution in [2.75, 3.05) is 18.4 Å². The Bertz CT molecular complexity index is 1020. The average Bonchev–Trinajstić information content (AvgIpc) is 3.26. The lowest BCUT2D eigenvalue weighted by molar-refractivity contribution is 0.0899. The van der Waals surface area contributed by atoms with Gasteiger partial charge in [0.15, 0.2) is 0 Å². The number of sulfonamides is 1. The third-order valence-electron chi connectivity index (χ3n) is 5.16. The van der Waals surface area contributed by atoms with Gasteiger partial charge in [-0.15, -0.1) is 0 Å². The van der Waals surface area contributed by atoms with Crippen molar-refractivity contribution in [2.45, 2.75) is 49.6 Å². The van der Waals surface area contributed by atoms with Crippen molar-refractivity contribution in [1.29, 1.82) is 0 Å². The summed E-state index contributed by atoms with van der Waals surface area (Å²) in [6, 6.07) is 10.8. The molecule has 31 heavy (non-hydrogen) atoms. The summed E-state index contributed by atoms with van der Waals surface area (Å²) in [6.07, 6.45) is 4.05. The fraction of sp³-hybridized carbons (Fsp3) is 0.409. The van der Waals surface area contributed by atoms with Crippen LogP contribution in [-0.4, -0.2) is 40.2 Å². The summed E-state index contributed by atoms with van der Waals surface area (Å²) in [5, 5.41) is 2.93. The van der Waals surface area contributed by atoms with E-state index in [-0.39, 0.29) is 39.2 Å². The van der Waals surface area contributed by atoms with Gasteiger partial charge in [-0.25, -0.2) is 8.42 Å². The van der Waals surface area contributed by atoms with E-state index in [0.29, 0.717) is 5.75 Å². The average molecular weight is 467 g/mol. The van der Waals surface area contributed by atoms with E-state index < -0.39 is 10.0 Å². The van der Waals surface area contributed by atoms with Crippen molar-refractivity contribution in [2.24, 2.45) is 0 Å². The number of methoxy groups -OCH3 is 1. The van der Waals surface area contributed by atoms with E-state index in [1.54, 1.807) is 24.3 Å². The number of rotatable bonds is 9. The summed E-state index contributed by atoms with van der Waals surface area (Å²) >= 11 is 6.16. The van der Waals surface area contributed by atoms with Gasteiger partial charge in [0.1, 0.15) is 10.6 Å². The molecule has 1 saturated heterocycles. The molecule has 0 bridgehead atoms. The van der Waals surface area contributed by atoms with Gasteiger partial charge in [0.05, 0.1) is 23.9 Å². The number of para-hydroxylation sites is 2. The number of halogens is 1. The summed E-state index contributed by atoms with van der Waals surface area (Å²) in [4.78, 5) is 12.5. The highest BCUT2D eigenvalue weighted by Gasteiger charge is 2.23. The zero-order chi connectivity index (χ0) is 22.4. The highest BCUT2D eigenvalue weighted by Crippen LogP contribution is 2.29. The van der Waals surface area contributed by atoms with Crippen LogP contribution < -0.4 is 14.8 Å². The van der Waals surface area contributed by atoms with Crippen LogP contribution in [0.25, 0.3) is 0 Å². The van der Waals surface area contributed by atoms with Crippen LogP contribution in [0.15, 0.2) is 47.4 Å². The molecule has 2 aromatic rings. The van der Waals surface area contributed by atoms with Gasteiger partial charge in [-0.1, -0.05) is 23.7 Å².